The van der Waals surface area contributed by atoms with Crippen molar-refractivity contribution in [2.45, 2.75) is 31.7 Å². The lowest BCUT2D eigenvalue weighted by molar-refractivity contribution is 0.253. The average molecular weight is 211 g/mol. The predicted molar refractivity (Wildman–Crippen MR) is 60.3 cm³/mol. The fraction of sp³-hybridized carbons (Fsp3) is 0.455. The van der Waals surface area contributed by atoms with Crippen LogP contribution in [0.3, 0.4) is 0 Å². The fourth-order valence-corrected chi connectivity index (χ4v) is 2.27. The van der Waals surface area contributed by atoms with Crippen LogP contribution in [0, 0.1) is 6.92 Å². The lowest BCUT2D eigenvalue weighted by atomic mass is 9.72. The van der Waals surface area contributed by atoms with Crippen LogP contribution in [0.2, 0.25) is 5.02 Å². The van der Waals surface area contributed by atoms with E-state index in [0.29, 0.717) is 0 Å². The van der Waals surface area contributed by atoms with Crippen molar-refractivity contribution in [2.75, 3.05) is 5.73 Å². The zero-order chi connectivity index (χ0) is 10.3. The largest absolute Gasteiger partial charge is 0.398 e. The normalized spacial score (nSPS) is 19.1. The van der Waals surface area contributed by atoms with Gasteiger partial charge >= 0.3 is 0 Å². The molecule has 4 N–H and O–H groups in total. The molecular formula is C11H15ClN2. The molecule has 0 saturated heterocycles. The highest BCUT2D eigenvalue weighted by molar-refractivity contribution is 6.32. The molecule has 0 unspecified atom stereocenters. The van der Waals surface area contributed by atoms with E-state index in [1.165, 1.54) is 6.42 Å². The number of benzene rings is 1. The van der Waals surface area contributed by atoms with Crippen molar-refractivity contribution in [3.05, 3.63) is 28.3 Å². The van der Waals surface area contributed by atoms with Gasteiger partial charge in [0.15, 0.2) is 0 Å². The van der Waals surface area contributed by atoms with Gasteiger partial charge in [-0.1, -0.05) is 17.7 Å². The molecule has 76 valence electrons. The standard InChI is InChI=1S/C11H15ClN2/c1-7-9(13)4-3-8(10(7)12)11(14)5-2-6-11/h3-4H,2,5-6,13-14H2,1H3. The number of halogens is 1. The minimum absolute atomic E-state index is 0.199. The summed E-state index contributed by atoms with van der Waals surface area (Å²) in [5.41, 5.74) is 14.5. The molecule has 3 heteroatoms. The third-order valence-electron chi connectivity index (χ3n) is 3.21. The molecule has 2 rings (SSSR count). The summed E-state index contributed by atoms with van der Waals surface area (Å²) in [4.78, 5) is 0. The van der Waals surface area contributed by atoms with Gasteiger partial charge in [0.1, 0.15) is 0 Å². The first-order valence-electron chi connectivity index (χ1n) is 4.88. The van der Waals surface area contributed by atoms with Gasteiger partial charge in [0.2, 0.25) is 0 Å². The summed E-state index contributed by atoms with van der Waals surface area (Å²) in [7, 11) is 0. The van der Waals surface area contributed by atoms with Gasteiger partial charge < -0.3 is 11.5 Å². The molecule has 0 radical (unpaired) electrons. The Hall–Kier alpha value is -0.730. The summed E-state index contributed by atoms with van der Waals surface area (Å²) in [5.74, 6) is 0. The van der Waals surface area contributed by atoms with Crippen molar-refractivity contribution in [1.82, 2.24) is 0 Å². The molecule has 2 nitrogen and oxygen atoms in total. The molecule has 0 aliphatic heterocycles. The highest BCUT2D eigenvalue weighted by Crippen LogP contribution is 2.43. The molecular weight excluding hydrogens is 196 g/mol. The van der Waals surface area contributed by atoms with Crippen LogP contribution in [0.1, 0.15) is 30.4 Å². The summed E-state index contributed by atoms with van der Waals surface area (Å²) < 4.78 is 0. The topological polar surface area (TPSA) is 52.0 Å². The van der Waals surface area contributed by atoms with Gasteiger partial charge in [0.05, 0.1) is 5.02 Å². The zero-order valence-corrected chi connectivity index (χ0v) is 9.06. The third-order valence-corrected chi connectivity index (χ3v) is 3.70. The van der Waals surface area contributed by atoms with Gasteiger partial charge in [0.25, 0.3) is 0 Å². The second kappa shape index (κ2) is 3.14. The summed E-state index contributed by atoms with van der Waals surface area (Å²) in [6.45, 7) is 1.93. The monoisotopic (exact) mass is 210 g/mol. The molecule has 0 heterocycles. The average Bonchev–Trinajstić information content (AvgIpc) is 2.11. The second-order valence-corrected chi connectivity index (χ2v) is 4.53. The minimum atomic E-state index is -0.199. The van der Waals surface area contributed by atoms with E-state index in [4.69, 9.17) is 23.1 Å². The van der Waals surface area contributed by atoms with Crippen LogP contribution < -0.4 is 11.5 Å². The molecule has 1 aliphatic rings. The van der Waals surface area contributed by atoms with Crippen LogP contribution in [0.25, 0.3) is 0 Å². The van der Waals surface area contributed by atoms with Crippen molar-refractivity contribution >= 4 is 17.3 Å². The Morgan fingerprint density at radius 1 is 1.36 bits per heavy atom. The van der Waals surface area contributed by atoms with Gasteiger partial charge in [-0.05, 0) is 43.4 Å². The first kappa shape index (κ1) is 9.81. The lowest BCUT2D eigenvalue weighted by Crippen LogP contribution is -2.43. The maximum atomic E-state index is 6.24. The molecule has 1 aromatic rings. The molecule has 0 atom stereocenters. The lowest BCUT2D eigenvalue weighted by Gasteiger charge is -2.39. The minimum Gasteiger partial charge on any atom is -0.398 e. The fourth-order valence-electron chi connectivity index (χ4n) is 1.91. The number of rotatable bonds is 1. The van der Waals surface area contributed by atoms with Gasteiger partial charge in [0, 0.05) is 11.2 Å². The van der Waals surface area contributed by atoms with Crippen molar-refractivity contribution in [3.8, 4) is 0 Å². The van der Waals surface area contributed by atoms with Crippen LogP contribution in [0.15, 0.2) is 12.1 Å². The molecule has 14 heavy (non-hydrogen) atoms. The van der Waals surface area contributed by atoms with E-state index in [0.717, 1.165) is 34.7 Å². The second-order valence-electron chi connectivity index (χ2n) is 4.15. The molecule has 0 spiro atoms. The number of nitrogens with two attached hydrogens (primary N) is 2. The van der Waals surface area contributed by atoms with E-state index in [-0.39, 0.29) is 5.54 Å². The maximum absolute atomic E-state index is 6.24. The van der Waals surface area contributed by atoms with Crippen LogP contribution in [0.5, 0.6) is 0 Å². The molecule has 0 amide bonds. The predicted octanol–water partition coefficient (Wildman–Crippen LogP) is 2.57. The number of hydrogen-bond acceptors (Lipinski definition) is 2. The van der Waals surface area contributed by atoms with E-state index in [1.807, 2.05) is 19.1 Å². The third kappa shape index (κ3) is 1.30. The molecule has 1 aliphatic carbocycles. The molecule has 0 bridgehead atoms. The van der Waals surface area contributed by atoms with E-state index >= 15 is 0 Å². The van der Waals surface area contributed by atoms with E-state index < -0.39 is 0 Å². The van der Waals surface area contributed by atoms with E-state index in [1.54, 1.807) is 0 Å². The Morgan fingerprint density at radius 3 is 2.50 bits per heavy atom. The molecule has 1 fully saturated rings. The van der Waals surface area contributed by atoms with Crippen molar-refractivity contribution < 1.29 is 0 Å². The van der Waals surface area contributed by atoms with Crippen molar-refractivity contribution in [1.29, 1.82) is 0 Å². The summed E-state index contributed by atoms with van der Waals surface area (Å²) in [6.07, 6.45) is 3.24. The van der Waals surface area contributed by atoms with Gasteiger partial charge in [-0.15, -0.1) is 0 Å². The van der Waals surface area contributed by atoms with Crippen molar-refractivity contribution in [3.63, 3.8) is 0 Å². The Labute approximate surface area is 89.2 Å². The zero-order valence-electron chi connectivity index (χ0n) is 8.31. The maximum Gasteiger partial charge on any atom is 0.0506 e. The Morgan fingerprint density at radius 2 is 2.00 bits per heavy atom. The number of nitrogen functional groups attached to an aromatic ring is 1. The summed E-state index contributed by atoms with van der Waals surface area (Å²) in [6, 6.07) is 3.85. The Bertz CT molecular complexity index is 370. The van der Waals surface area contributed by atoms with E-state index in [2.05, 4.69) is 0 Å². The molecule has 1 saturated carbocycles. The van der Waals surface area contributed by atoms with Crippen LogP contribution in [-0.4, -0.2) is 0 Å². The van der Waals surface area contributed by atoms with Gasteiger partial charge in [-0.2, -0.15) is 0 Å². The summed E-state index contributed by atoms with van der Waals surface area (Å²) in [5, 5.41) is 0.743. The Balaban J connectivity index is 2.49. The first-order valence-corrected chi connectivity index (χ1v) is 5.26. The first-order chi connectivity index (χ1) is 6.54. The van der Waals surface area contributed by atoms with Crippen LogP contribution in [0.4, 0.5) is 5.69 Å². The highest BCUT2D eigenvalue weighted by atomic mass is 35.5. The van der Waals surface area contributed by atoms with Crippen LogP contribution in [-0.2, 0) is 5.54 Å². The van der Waals surface area contributed by atoms with Crippen molar-refractivity contribution in [2.24, 2.45) is 5.73 Å². The quantitative estimate of drug-likeness (QED) is 0.700. The van der Waals surface area contributed by atoms with E-state index in [9.17, 15) is 0 Å². The van der Waals surface area contributed by atoms with Gasteiger partial charge in [-0.3, -0.25) is 0 Å². The SMILES string of the molecule is Cc1c(N)ccc(C2(N)CCC2)c1Cl. The molecule has 1 aromatic carbocycles. The summed E-state index contributed by atoms with van der Waals surface area (Å²) >= 11 is 6.24. The smallest absolute Gasteiger partial charge is 0.0506 e. The Kier molecular flexibility index (Phi) is 2.20. The highest BCUT2D eigenvalue weighted by Gasteiger charge is 2.36. The number of anilines is 1. The van der Waals surface area contributed by atoms with Gasteiger partial charge in [-0.25, -0.2) is 0 Å². The number of hydrogen-bond donors (Lipinski definition) is 2. The van der Waals surface area contributed by atoms with Crippen LogP contribution >= 0.6 is 11.6 Å². The molecule has 0 aromatic heterocycles.